The summed E-state index contributed by atoms with van der Waals surface area (Å²) >= 11 is 0. The van der Waals surface area contributed by atoms with Crippen LogP contribution in [0.5, 0.6) is 0 Å². The number of rotatable bonds is 3. The quantitative estimate of drug-likeness (QED) is 0.906. The lowest BCUT2D eigenvalue weighted by Crippen LogP contribution is -2.36. The molecule has 1 saturated heterocycles. The lowest BCUT2D eigenvalue weighted by molar-refractivity contribution is -0.135. The molecule has 1 heterocycles. The van der Waals surface area contributed by atoms with Crippen LogP contribution in [0.15, 0.2) is 60.7 Å². The molecule has 0 aliphatic carbocycles. The number of aliphatic hydroxyl groups excluding tert-OH is 2. The molecule has 0 bridgehead atoms. The van der Waals surface area contributed by atoms with Crippen molar-refractivity contribution in [2.75, 3.05) is 7.05 Å². The molecule has 0 aromatic heterocycles. The molecule has 0 saturated carbocycles. The number of aliphatic hydroxyl groups is 2. The minimum Gasteiger partial charge on any atom is -0.386 e. The summed E-state index contributed by atoms with van der Waals surface area (Å²) in [5, 5.41) is 21.1. The third kappa shape index (κ3) is 2.40. The summed E-state index contributed by atoms with van der Waals surface area (Å²) in [4.78, 5) is 13.7. The van der Waals surface area contributed by atoms with Gasteiger partial charge < -0.3 is 15.1 Å². The van der Waals surface area contributed by atoms with Crippen molar-refractivity contribution in [1.29, 1.82) is 0 Å². The topological polar surface area (TPSA) is 60.8 Å². The molecule has 2 aromatic rings. The summed E-state index contributed by atoms with van der Waals surface area (Å²) in [6.07, 6.45) is -1.98. The number of likely N-dealkylation sites (N-methyl/N-ethyl adjacent to an activating group) is 1. The van der Waals surface area contributed by atoms with Crippen LogP contribution in [0, 0.1) is 0 Å². The van der Waals surface area contributed by atoms with Gasteiger partial charge in [0, 0.05) is 13.0 Å². The highest BCUT2D eigenvalue weighted by molar-refractivity contribution is 5.85. The zero-order valence-electron chi connectivity index (χ0n) is 12.3. The minimum atomic E-state index is -1.13. The zero-order chi connectivity index (χ0) is 15.7. The first kappa shape index (κ1) is 14.8. The Morgan fingerprint density at radius 3 is 2.14 bits per heavy atom. The maximum Gasteiger partial charge on any atom is 0.252 e. The van der Waals surface area contributed by atoms with Gasteiger partial charge in [-0.05, 0) is 11.1 Å². The Bertz CT molecular complexity index is 644. The van der Waals surface area contributed by atoms with Crippen molar-refractivity contribution in [3.8, 4) is 0 Å². The maximum absolute atomic E-state index is 12.2. The fourth-order valence-corrected chi connectivity index (χ4v) is 3.25. The van der Waals surface area contributed by atoms with Gasteiger partial charge in [0.05, 0.1) is 6.04 Å². The van der Waals surface area contributed by atoms with Gasteiger partial charge in [-0.15, -0.1) is 0 Å². The molecule has 4 nitrogen and oxygen atoms in total. The lowest BCUT2D eigenvalue weighted by Gasteiger charge is -2.30. The summed E-state index contributed by atoms with van der Waals surface area (Å²) < 4.78 is 0. The van der Waals surface area contributed by atoms with Crippen LogP contribution in [0.4, 0.5) is 0 Å². The van der Waals surface area contributed by atoms with E-state index in [9.17, 15) is 15.0 Å². The van der Waals surface area contributed by atoms with Gasteiger partial charge in [-0.3, -0.25) is 4.79 Å². The molecule has 3 rings (SSSR count). The predicted molar refractivity (Wildman–Crippen MR) is 83.1 cm³/mol. The number of amides is 1. The first-order chi connectivity index (χ1) is 10.6. The Kier molecular flexibility index (Phi) is 3.96. The maximum atomic E-state index is 12.2. The van der Waals surface area contributed by atoms with Gasteiger partial charge in [0.25, 0.3) is 5.91 Å². The van der Waals surface area contributed by atoms with Crippen LogP contribution in [0.1, 0.15) is 23.1 Å². The minimum absolute atomic E-state index is 0.353. The number of likely N-dealkylation sites (tertiary alicyclic amines) is 1. The van der Waals surface area contributed by atoms with Crippen molar-refractivity contribution in [3.05, 3.63) is 71.8 Å². The van der Waals surface area contributed by atoms with Crippen LogP contribution in [-0.4, -0.2) is 40.2 Å². The SMILES string of the molecule is CN1C(=O)[C@H](O)[C@@H](c2ccccc2)[C@@H]1[C@H](O)c1ccccc1. The fraction of sp³-hybridized carbons (Fsp3) is 0.278. The van der Waals surface area contributed by atoms with E-state index < -0.39 is 24.2 Å². The third-order valence-corrected chi connectivity index (χ3v) is 4.41. The van der Waals surface area contributed by atoms with Gasteiger partial charge in [0.15, 0.2) is 0 Å². The first-order valence-electron chi connectivity index (χ1n) is 7.34. The van der Waals surface area contributed by atoms with Crippen LogP contribution < -0.4 is 0 Å². The molecular weight excluding hydrogens is 278 g/mol. The molecule has 1 fully saturated rings. The molecule has 2 N–H and O–H groups in total. The number of nitrogens with zero attached hydrogens (tertiary/aromatic N) is 1. The van der Waals surface area contributed by atoms with Gasteiger partial charge in [-0.1, -0.05) is 60.7 Å². The van der Waals surface area contributed by atoms with E-state index in [2.05, 4.69) is 0 Å². The number of benzene rings is 2. The van der Waals surface area contributed by atoms with Gasteiger partial charge in [0.1, 0.15) is 12.2 Å². The van der Waals surface area contributed by atoms with Gasteiger partial charge in [-0.25, -0.2) is 0 Å². The van der Waals surface area contributed by atoms with Gasteiger partial charge in [0.2, 0.25) is 0 Å². The molecule has 2 aromatic carbocycles. The second-order valence-corrected chi connectivity index (χ2v) is 5.68. The molecule has 1 amide bonds. The van der Waals surface area contributed by atoms with Crippen LogP contribution in [0.25, 0.3) is 0 Å². The smallest absolute Gasteiger partial charge is 0.252 e. The summed E-state index contributed by atoms with van der Waals surface area (Å²) in [5.41, 5.74) is 1.59. The molecule has 4 heteroatoms. The van der Waals surface area contributed by atoms with Crippen molar-refractivity contribution in [2.24, 2.45) is 0 Å². The van der Waals surface area contributed by atoms with E-state index in [0.717, 1.165) is 11.1 Å². The van der Waals surface area contributed by atoms with E-state index in [-0.39, 0.29) is 5.91 Å². The number of hydrogen-bond donors (Lipinski definition) is 2. The molecule has 0 unspecified atom stereocenters. The molecule has 22 heavy (non-hydrogen) atoms. The van der Waals surface area contributed by atoms with Crippen LogP contribution >= 0.6 is 0 Å². The molecule has 1 aliphatic rings. The fourth-order valence-electron chi connectivity index (χ4n) is 3.25. The van der Waals surface area contributed by atoms with Crippen molar-refractivity contribution in [1.82, 2.24) is 4.90 Å². The van der Waals surface area contributed by atoms with E-state index in [0.29, 0.717) is 0 Å². The van der Waals surface area contributed by atoms with Crippen molar-refractivity contribution in [2.45, 2.75) is 24.2 Å². The average Bonchev–Trinajstić information content (AvgIpc) is 2.80. The number of carbonyl (C=O) groups excluding carboxylic acids is 1. The molecule has 0 spiro atoms. The Morgan fingerprint density at radius 1 is 1.00 bits per heavy atom. The average molecular weight is 297 g/mol. The highest BCUT2D eigenvalue weighted by Gasteiger charge is 2.49. The largest absolute Gasteiger partial charge is 0.386 e. The first-order valence-corrected chi connectivity index (χ1v) is 7.34. The Balaban J connectivity index is 2.01. The van der Waals surface area contributed by atoms with E-state index in [1.165, 1.54) is 4.90 Å². The highest BCUT2D eigenvalue weighted by atomic mass is 16.3. The molecule has 4 atom stereocenters. The summed E-state index contributed by atoms with van der Waals surface area (Å²) in [7, 11) is 1.63. The summed E-state index contributed by atoms with van der Waals surface area (Å²) in [6.45, 7) is 0. The highest BCUT2D eigenvalue weighted by Crippen LogP contribution is 2.40. The molecular formula is C18H19NO3. The van der Waals surface area contributed by atoms with Crippen molar-refractivity contribution >= 4 is 5.91 Å². The normalized spacial score (nSPS) is 26.2. The monoisotopic (exact) mass is 297 g/mol. The van der Waals surface area contributed by atoms with Crippen molar-refractivity contribution in [3.63, 3.8) is 0 Å². The van der Waals surface area contributed by atoms with Gasteiger partial charge in [-0.2, -0.15) is 0 Å². The third-order valence-electron chi connectivity index (χ3n) is 4.41. The van der Waals surface area contributed by atoms with Crippen LogP contribution in [0.2, 0.25) is 0 Å². The second kappa shape index (κ2) is 5.91. The zero-order valence-corrected chi connectivity index (χ0v) is 12.3. The lowest BCUT2D eigenvalue weighted by atomic mass is 9.85. The molecule has 1 aliphatic heterocycles. The number of carbonyl (C=O) groups is 1. The second-order valence-electron chi connectivity index (χ2n) is 5.68. The van der Waals surface area contributed by atoms with E-state index in [1.807, 2.05) is 60.7 Å². The molecule has 0 radical (unpaired) electrons. The Morgan fingerprint density at radius 2 is 1.55 bits per heavy atom. The predicted octanol–water partition coefficient (Wildman–Crippen LogP) is 1.71. The van der Waals surface area contributed by atoms with Crippen LogP contribution in [0.3, 0.4) is 0 Å². The number of hydrogen-bond acceptors (Lipinski definition) is 3. The van der Waals surface area contributed by atoms with Crippen molar-refractivity contribution < 1.29 is 15.0 Å². The Labute approximate surface area is 129 Å². The van der Waals surface area contributed by atoms with Gasteiger partial charge >= 0.3 is 0 Å². The van der Waals surface area contributed by atoms with E-state index in [4.69, 9.17) is 0 Å². The van der Waals surface area contributed by atoms with E-state index in [1.54, 1.807) is 7.05 Å². The molecule has 114 valence electrons. The standard InChI is InChI=1S/C18H19NO3/c1-19-15(16(20)13-10-6-3-7-11-13)14(17(21)18(19)22)12-8-4-2-5-9-12/h2-11,14-17,20-21H,1H3/t14-,15+,16+,17+/m0/s1. The summed E-state index contributed by atoms with van der Waals surface area (Å²) in [6, 6.07) is 18.1. The van der Waals surface area contributed by atoms with Crippen LogP contribution in [-0.2, 0) is 4.79 Å². The Hall–Kier alpha value is -2.17. The van der Waals surface area contributed by atoms with E-state index >= 15 is 0 Å². The summed E-state index contributed by atoms with van der Waals surface area (Å²) in [5.74, 6) is -0.803.